The van der Waals surface area contributed by atoms with E-state index in [1.165, 1.54) is 5.56 Å². The molecule has 3 aromatic rings. The summed E-state index contributed by atoms with van der Waals surface area (Å²) < 4.78 is 5.77. The Bertz CT molecular complexity index is 1180. The molecule has 1 atom stereocenters. The minimum Gasteiger partial charge on any atom is -0.358 e. The van der Waals surface area contributed by atoms with Crippen LogP contribution in [0.15, 0.2) is 63.0 Å². The van der Waals surface area contributed by atoms with Gasteiger partial charge in [0.2, 0.25) is 0 Å². The zero-order valence-electron chi connectivity index (χ0n) is 16.9. The van der Waals surface area contributed by atoms with E-state index < -0.39 is 0 Å². The van der Waals surface area contributed by atoms with Crippen molar-refractivity contribution in [1.82, 2.24) is 5.16 Å². The van der Waals surface area contributed by atoms with E-state index in [0.717, 1.165) is 63.5 Å². The van der Waals surface area contributed by atoms with Gasteiger partial charge >= 0.3 is 0 Å². The third-order valence-electron chi connectivity index (χ3n) is 5.71. The second-order valence-corrected chi connectivity index (χ2v) is 7.69. The topological polar surface area (TPSA) is 50.8 Å². The van der Waals surface area contributed by atoms with Gasteiger partial charge in [-0.25, -0.2) is 0 Å². The number of hydrogen-bond donors (Lipinski definition) is 0. The quantitative estimate of drug-likeness (QED) is 0.582. The van der Waals surface area contributed by atoms with Gasteiger partial charge in [0.25, 0.3) is 0 Å². The summed E-state index contributed by atoms with van der Waals surface area (Å²) in [4.78, 5) is 9.54. The van der Waals surface area contributed by atoms with Gasteiger partial charge in [-0.15, -0.1) is 0 Å². The number of hydrogen-bond acceptors (Lipinski definition) is 4. The lowest BCUT2D eigenvalue weighted by Crippen LogP contribution is -2.07. The maximum Gasteiger partial charge on any atom is 0.169 e. The summed E-state index contributed by atoms with van der Waals surface area (Å²) >= 11 is 0. The van der Waals surface area contributed by atoms with Gasteiger partial charge in [-0.3, -0.25) is 9.98 Å². The highest BCUT2D eigenvalue weighted by Crippen LogP contribution is 2.41. The van der Waals surface area contributed by atoms with Crippen LogP contribution >= 0.6 is 0 Å². The molecule has 4 heteroatoms. The summed E-state index contributed by atoms with van der Waals surface area (Å²) in [6.07, 6.45) is 4.97. The first-order chi connectivity index (χ1) is 14.2. The molecule has 0 aliphatic carbocycles. The third-order valence-corrected chi connectivity index (χ3v) is 5.71. The fourth-order valence-electron chi connectivity index (χ4n) is 4.13. The zero-order chi connectivity index (χ0) is 20.0. The largest absolute Gasteiger partial charge is 0.358 e. The molecule has 1 aromatic heterocycles. The van der Waals surface area contributed by atoms with Crippen LogP contribution in [-0.2, 0) is 0 Å². The van der Waals surface area contributed by atoms with Gasteiger partial charge in [-0.2, -0.15) is 0 Å². The van der Waals surface area contributed by atoms with Crippen molar-refractivity contribution in [2.45, 2.75) is 33.2 Å². The zero-order valence-corrected chi connectivity index (χ0v) is 16.9. The fraction of sp³-hybridized carbons (Fsp3) is 0.240. The van der Waals surface area contributed by atoms with Crippen LogP contribution in [0.4, 0.5) is 0 Å². The molecule has 4 nitrogen and oxygen atoms in total. The predicted molar refractivity (Wildman–Crippen MR) is 118 cm³/mol. The molecule has 5 rings (SSSR count). The highest BCUT2D eigenvalue weighted by molar-refractivity contribution is 6.19. The van der Waals surface area contributed by atoms with Gasteiger partial charge in [0.1, 0.15) is 6.04 Å². The van der Waals surface area contributed by atoms with E-state index in [1.54, 1.807) is 0 Å². The first-order valence-electron chi connectivity index (χ1n) is 10.1. The molecule has 0 unspecified atom stereocenters. The Morgan fingerprint density at radius 1 is 1.00 bits per heavy atom. The van der Waals surface area contributed by atoms with Gasteiger partial charge in [-0.05, 0) is 43.0 Å². The standard InChI is InChI=1S/C25H23N3O/c1-4-22-25-23(16(3)28-29-25)20-10-9-18(19-11-12-26-14-19)13-21(20)24(27-22)17-7-5-15(2)6-8-17/h5-11,13-14,22H,4,12H2,1-3H3/t22-/m0/s1. The van der Waals surface area contributed by atoms with Gasteiger partial charge in [0.15, 0.2) is 5.76 Å². The molecule has 144 valence electrons. The van der Waals surface area contributed by atoms with Crippen LogP contribution in [0, 0.1) is 13.8 Å². The number of nitrogens with zero attached hydrogens (tertiary/aromatic N) is 3. The minimum atomic E-state index is -0.0504. The second-order valence-electron chi connectivity index (χ2n) is 7.69. The maximum absolute atomic E-state index is 5.77. The SMILES string of the molecule is CC[C@@H]1N=C(c2ccc(C)cc2)c2cc(C3=CCN=C3)ccc2-c2c(C)noc21. The van der Waals surface area contributed by atoms with Crippen LogP contribution in [0.3, 0.4) is 0 Å². The van der Waals surface area contributed by atoms with Crippen LogP contribution in [0.2, 0.25) is 0 Å². The van der Waals surface area contributed by atoms with E-state index >= 15 is 0 Å². The van der Waals surface area contributed by atoms with E-state index in [-0.39, 0.29) is 6.04 Å². The van der Waals surface area contributed by atoms with E-state index in [2.05, 4.69) is 72.5 Å². The highest BCUT2D eigenvalue weighted by Gasteiger charge is 2.29. The lowest BCUT2D eigenvalue weighted by atomic mass is 9.90. The molecular formula is C25H23N3O. The van der Waals surface area contributed by atoms with Crippen LogP contribution in [0.5, 0.6) is 0 Å². The van der Waals surface area contributed by atoms with Gasteiger partial charge in [0, 0.05) is 17.3 Å². The first kappa shape index (κ1) is 17.8. The number of fused-ring (bicyclic) bond motifs is 3. The predicted octanol–water partition coefficient (Wildman–Crippen LogP) is 5.73. The van der Waals surface area contributed by atoms with Crippen molar-refractivity contribution < 1.29 is 4.52 Å². The molecule has 2 aliphatic heterocycles. The van der Waals surface area contributed by atoms with Crippen molar-refractivity contribution in [3.63, 3.8) is 0 Å². The summed E-state index contributed by atoms with van der Waals surface area (Å²) in [6, 6.07) is 15.1. The third kappa shape index (κ3) is 2.96. The average Bonchev–Trinajstić information content (AvgIpc) is 3.37. The van der Waals surface area contributed by atoms with E-state index in [0.29, 0.717) is 0 Å². The molecule has 3 heterocycles. The van der Waals surface area contributed by atoms with Gasteiger partial charge in [-0.1, -0.05) is 60.1 Å². The number of aliphatic imine (C=N–C) groups is 2. The van der Waals surface area contributed by atoms with Crippen LogP contribution in [-0.4, -0.2) is 23.6 Å². The maximum atomic E-state index is 5.77. The van der Waals surface area contributed by atoms with Crippen molar-refractivity contribution in [3.8, 4) is 11.1 Å². The summed E-state index contributed by atoms with van der Waals surface area (Å²) in [7, 11) is 0. The fourth-order valence-corrected chi connectivity index (χ4v) is 4.13. The van der Waals surface area contributed by atoms with Gasteiger partial charge in [0.05, 0.1) is 23.5 Å². The van der Waals surface area contributed by atoms with Crippen LogP contribution in [0.25, 0.3) is 16.7 Å². The molecule has 0 amide bonds. The molecule has 0 saturated heterocycles. The normalized spacial score (nSPS) is 17.4. The number of allylic oxidation sites excluding steroid dienone is 1. The van der Waals surface area contributed by atoms with Crippen molar-refractivity contribution >= 4 is 17.5 Å². The number of aryl methyl sites for hydroxylation is 2. The Kier molecular flexibility index (Phi) is 4.27. The van der Waals surface area contributed by atoms with E-state index in [4.69, 9.17) is 9.52 Å². The smallest absolute Gasteiger partial charge is 0.169 e. The molecule has 29 heavy (non-hydrogen) atoms. The summed E-state index contributed by atoms with van der Waals surface area (Å²) in [5, 5.41) is 4.27. The Hall–Kier alpha value is -3.27. The Morgan fingerprint density at radius 2 is 1.79 bits per heavy atom. The Labute approximate surface area is 170 Å². The lowest BCUT2D eigenvalue weighted by molar-refractivity contribution is 0.357. The Morgan fingerprint density at radius 3 is 2.52 bits per heavy atom. The van der Waals surface area contributed by atoms with Crippen LogP contribution < -0.4 is 0 Å². The average molecular weight is 381 g/mol. The summed E-state index contributed by atoms with van der Waals surface area (Å²) in [6.45, 7) is 7.01. The minimum absolute atomic E-state index is 0.0504. The first-order valence-corrected chi connectivity index (χ1v) is 10.1. The Balaban J connectivity index is 1.79. The molecule has 0 bridgehead atoms. The molecule has 0 spiro atoms. The van der Waals surface area contributed by atoms with Gasteiger partial charge < -0.3 is 4.52 Å². The second kappa shape index (κ2) is 6.96. The molecular weight excluding hydrogens is 358 g/mol. The molecule has 0 N–H and O–H groups in total. The molecule has 0 fully saturated rings. The molecule has 0 radical (unpaired) electrons. The van der Waals surface area contributed by atoms with Crippen molar-refractivity contribution in [2.24, 2.45) is 9.98 Å². The monoisotopic (exact) mass is 381 g/mol. The number of aromatic nitrogens is 1. The van der Waals surface area contributed by atoms with Crippen LogP contribution in [0.1, 0.15) is 53.1 Å². The van der Waals surface area contributed by atoms with Crippen molar-refractivity contribution in [3.05, 3.63) is 82.2 Å². The number of benzene rings is 2. The lowest BCUT2D eigenvalue weighted by Gasteiger charge is -2.13. The molecule has 2 aromatic carbocycles. The van der Waals surface area contributed by atoms with Crippen molar-refractivity contribution in [2.75, 3.05) is 6.54 Å². The molecule has 2 aliphatic rings. The van der Waals surface area contributed by atoms with E-state index in [9.17, 15) is 0 Å². The molecule has 0 saturated carbocycles. The summed E-state index contributed by atoms with van der Waals surface area (Å²) in [5.41, 5.74) is 9.94. The van der Waals surface area contributed by atoms with E-state index in [1.807, 2.05) is 13.1 Å². The van der Waals surface area contributed by atoms with Crippen molar-refractivity contribution in [1.29, 1.82) is 0 Å². The number of rotatable bonds is 3. The summed E-state index contributed by atoms with van der Waals surface area (Å²) in [5.74, 6) is 0.864. The highest BCUT2D eigenvalue weighted by atomic mass is 16.5.